The van der Waals surface area contributed by atoms with E-state index in [1.807, 2.05) is 13.0 Å². The van der Waals surface area contributed by atoms with Crippen molar-refractivity contribution in [3.8, 4) is 6.07 Å². The third-order valence-corrected chi connectivity index (χ3v) is 5.54. The lowest BCUT2D eigenvalue weighted by Gasteiger charge is -2.47. The molecule has 0 bridgehead atoms. The molecule has 2 aromatic rings. The fraction of sp³-hybridized carbons (Fsp3) is 0.316. The topological polar surface area (TPSA) is 69.5 Å². The van der Waals surface area contributed by atoms with Crippen LogP contribution in [0.25, 0.3) is 0 Å². The van der Waals surface area contributed by atoms with Gasteiger partial charge >= 0.3 is 0 Å². The van der Waals surface area contributed by atoms with Crippen molar-refractivity contribution >= 4 is 5.78 Å². The Labute approximate surface area is 139 Å². The molecule has 0 fully saturated rings. The van der Waals surface area contributed by atoms with E-state index in [0.29, 0.717) is 0 Å². The van der Waals surface area contributed by atoms with Crippen LogP contribution in [0.3, 0.4) is 0 Å². The third-order valence-electron chi connectivity index (χ3n) is 5.54. The first-order chi connectivity index (χ1) is 11.6. The van der Waals surface area contributed by atoms with E-state index >= 15 is 0 Å². The van der Waals surface area contributed by atoms with E-state index < -0.39 is 5.41 Å². The Morgan fingerprint density at radius 3 is 2.83 bits per heavy atom. The molecule has 3 atom stereocenters. The van der Waals surface area contributed by atoms with Crippen molar-refractivity contribution in [3.05, 3.63) is 64.7 Å². The molecule has 0 saturated heterocycles. The van der Waals surface area contributed by atoms with Crippen molar-refractivity contribution in [2.24, 2.45) is 11.8 Å². The number of H-pyrrole nitrogens is 1. The van der Waals surface area contributed by atoms with E-state index in [9.17, 15) is 14.4 Å². The zero-order valence-electron chi connectivity index (χ0n) is 13.2. The summed E-state index contributed by atoms with van der Waals surface area (Å²) in [5.74, 6) is -0.674. The number of Topliss-reactive ketones (excluding diaryl/α,β-unsaturated/α-hetero) is 1. The molecular weight excluding hydrogens is 305 g/mol. The van der Waals surface area contributed by atoms with Gasteiger partial charge in [-0.15, -0.1) is 0 Å². The summed E-state index contributed by atoms with van der Waals surface area (Å²) in [7, 11) is 0. The minimum atomic E-state index is -0.643. The highest BCUT2D eigenvalue weighted by Gasteiger charge is 2.52. The molecule has 0 amide bonds. The first kappa shape index (κ1) is 14.8. The van der Waals surface area contributed by atoms with Crippen molar-refractivity contribution in [2.75, 3.05) is 0 Å². The average Bonchev–Trinajstić information content (AvgIpc) is 3.08. The molecule has 2 aliphatic carbocycles. The number of fused-ring (bicyclic) bond motifs is 3. The molecule has 120 valence electrons. The quantitative estimate of drug-likeness (QED) is 0.877. The molecule has 2 unspecified atom stereocenters. The smallest absolute Gasteiger partial charge is 0.176 e. The number of allylic oxidation sites excluding steroid dienone is 2. The third kappa shape index (κ3) is 1.83. The van der Waals surface area contributed by atoms with E-state index in [1.54, 1.807) is 24.4 Å². The number of aromatic nitrogens is 2. The molecule has 1 N–H and O–H groups in total. The number of carbonyl (C=O) groups excluding carboxylic acids is 1. The molecule has 1 heterocycles. The number of halogens is 1. The zero-order chi connectivity index (χ0) is 16.9. The number of ketones is 1. The second kappa shape index (κ2) is 5.13. The van der Waals surface area contributed by atoms with Crippen molar-refractivity contribution in [3.63, 3.8) is 0 Å². The van der Waals surface area contributed by atoms with Crippen LogP contribution in [-0.4, -0.2) is 16.0 Å². The number of hydrogen-bond donors (Lipinski definition) is 1. The fourth-order valence-corrected chi connectivity index (χ4v) is 4.39. The van der Waals surface area contributed by atoms with Crippen molar-refractivity contribution in [2.45, 2.75) is 25.2 Å². The van der Waals surface area contributed by atoms with Gasteiger partial charge in [-0.2, -0.15) is 10.4 Å². The second-order valence-corrected chi connectivity index (χ2v) is 6.61. The van der Waals surface area contributed by atoms with Crippen molar-refractivity contribution in [1.82, 2.24) is 10.2 Å². The van der Waals surface area contributed by atoms with E-state index in [2.05, 4.69) is 10.2 Å². The lowest BCUT2D eigenvalue weighted by molar-refractivity contribution is -0.121. The van der Waals surface area contributed by atoms with Gasteiger partial charge in [0.1, 0.15) is 11.9 Å². The maximum atomic E-state index is 13.5. The molecule has 0 saturated carbocycles. The number of carbonyl (C=O) groups is 1. The molecule has 1 aromatic carbocycles. The van der Waals surface area contributed by atoms with Gasteiger partial charge in [-0.3, -0.25) is 9.89 Å². The standard InChI is InChI=1S/C19H16FN3O/c1-11-16-7-2-12-10-22-23-18(12)19(16,8-13(9-21)17(11)24)14-3-5-15(20)6-4-14/h3-6,8,10-11,16H,2,7H2,1H3,(H,22,23)/t11?,16?,19-/m1/s1. The molecule has 4 nitrogen and oxygen atoms in total. The number of nitriles is 1. The molecule has 2 aliphatic rings. The van der Waals surface area contributed by atoms with Crippen LogP contribution in [0.15, 0.2) is 42.1 Å². The summed E-state index contributed by atoms with van der Waals surface area (Å²) < 4.78 is 13.5. The van der Waals surface area contributed by atoms with Gasteiger partial charge < -0.3 is 0 Å². The number of hydrogen-bond acceptors (Lipinski definition) is 3. The van der Waals surface area contributed by atoms with Crippen LogP contribution in [0, 0.1) is 29.0 Å². The fourth-order valence-electron chi connectivity index (χ4n) is 4.39. The Bertz CT molecular complexity index is 890. The highest BCUT2D eigenvalue weighted by molar-refractivity contribution is 6.02. The minimum absolute atomic E-state index is 0.0144. The Balaban J connectivity index is 2.06. The zero-order valence-corrected chi connectivity index (χ0v) is 13.2. The Morgan fingerprint density at radius 2 is 2.12 bits per heavy atom. The van der Waals surface area contributed by atoms with Gasteiger partial charge in [0.05, 0.1) is 22.9 Å². The monoisotopic (exact) mass is 321 g/mol. The number of benzene rings is 1. The first-order valence-electron chi connectivity index (χ1n) is 8.04. The molecule has 24 heavy (non-hydrogen) atoms. The Hall–Kier alpha value is -2.74. The predicted molar refractivity (Wildman–Crippen MR) is 85.4 cm³/mol. The summed E-state index contributed by atoms with van der Waals surface area (Å²) in [6, 6.07) is 8.38. The maximum absolute atomic E-state index is 13.5. The summed E-state index contributed by atoms with van der Waals surface area (Å²) in [6.07, 6.45) is 5.24. The first-order valence-corrected chi connectivity index (χ1v) is 8.04. The highest BCUT2D eigenvalue weighted by atomic mass is 19.1. The van der Waals surface area contributed by atoms with Crippen molar-refractivity contribution < 1.29 is 9.18 Å². The number of aromatic amines is 1. The molecule has 0 radical (unpaired) electrons. The lowest BCUT2D eigenvalue weighted by Crippen LogP contribution is -2.48. The molecular formula is C19H16FN3O. The highest BCUT2D eigenvalue weighted by Crippen LogP contribution is 2.52. The van der Waals surface area contributed by atoms with Gasteiger partial charge in [0.25, 0.3) is 0 Å². The van der Waals surface area contributed by atoms with Crippen LogP contribution in [0.1, 0.15) is 30.2 Å². The van der Waals surface area contributed by atoms with Crippen LogP contribution >= 0.6 is 0 Å². The SMILES string of the molecule is CC1C(=O)C(C#N)=C[C@]2(c3ccc(F)cc3)c3[nH]ncc3CCC12. The average molecular weight is 321 g/mol. The lowest BCUT2D eigenvalue weighted by atomic mass is 9.54. The van der Waals surface area contributed by atoms with Crippen LogP contribution in [0.5, 0.6) is 0 Å². The van der Waals surface area contributed by atoms with E-state index in [1.165, 1.54) is 12.1 Å². The Morgan fingerprint density at radius 1 is 1.38 bits per heavy atom. The minimum Gasteiger partial charge on any atom is -0.293 e. The van der Waals surface area contributed by atoms with Gasteiger partial charge in [0.15, 0.2) is 5.78 Å². The van der Waals surface area contributed by atoms with Gasteiger partial charge in [-0.25, -0.2) is 4.39 Å². The maximum Gasteiger partial charge on any atom is 0.176 e. The second-order valence-electron chi connectivity index (χ2n) is 6.61. The van der Waals surface area contributed by atoms with E-state index in [0.717, 1.165) is 29.7 Å². The van der Waals surface area contributed by atoms with Crippen LogP contribution in [0.2, 0.25) is 0 Å². The summed E-state index contributed by atoms with van der Waals surface area (Å²) in [4.78, 5) is 12.5. The molecule has 1 aromatic heterocycles. The van der Waals surface area contributed by atoms with Crippen LogP contribution < -0.4 is 0 Å². The summed E-state index contributed by atoms with van der Waals surface area (Å²) >= 11 is 0. The largest absolute Gasteiger partial charge is 0.293 e. The normalized spacial score (nSPS) is 28.5. The van der Waals surface area contributed by atoms with E-state index in [4.69, 9.17) is 0 Å². The van der Waals surface area contributed by atoms with Gasteiger partial charge in [-0.1, -0.05) is 19.1 Å². The van der Waals surface area contributed by atoms with Crippen LogP contribution in [0.4, 0.5) is 4.39 Å². The number of aryl methyl sites for hydroxylation is 1. The number of rotatable bonds is 1. The van der Waals surface area contributed by atoms with Gasteiger partial charge in [-0.05, 0) is 48.1 Å². The van der Waals surface area contributed by atoms with E-state index in [-0.39, 0.29) is 29.0 Å². The van der Waals surface area contributed by atoms with Crippen LogP contribution in [-0.2, 0) is 16.6 Å². The number of nitrogens with one attached hydrogen (secondary N) is 1. The number of nitrogens with zero attached hydrogens (tertiary/aromatic N) is 2. The summed E-state index contributed by atoms with van der Waals surface area (Å²) in [6.45, 7) is 1.89. The Kier molecular flexibility index (Phi) is 3.17. The van der Waals surface area contributed by atoms with Crippen molar-refractivity contribution in [1.29, 1.82) is 5.26 Å². The summed E-state index contributed by atoms with van der Waals surface area (Å²) in [5.41, 5.74) is 2.41. The van der Waals surface area contributed by atoms with Gasteiger partial charge in [0.2, 0.25) is 0 Å². The molecule has 0 aliphatic heterocycles. The molecule has 0 spiro atoms. The molecule has 5 heteroatoms. The predicted octanol–water partition coefficient (Wildman–Crippen LogP) is 3.07. The molecule has 4 rings (SSSR count). The van der Waals surface area contributed by atoms with Gasteiger partial charge in [0, 0.05) is 5.92 Å². The summed E-state index contributed by atoms with van der Waals surface area (Å²) in [5, 5.41) is 16.7.